The Kier molecular flexibility index (Phi) is 5.29. The van der Waals surface area contributed by atoms with Crippen molar-refractivity contribution >= 4 is 21.0 Å². The number of hydrogen-bond acceptors (Lipinski definition) is 4. The fourth-order valence-corrected chi connectivity index (χ4v) is 4.49. The zero-order valence-corrected chi connectivity index (χ0v) is 16.3. The van der Waals surface area contributed by atoms with Crippen molar-refractivity contribution in [3.8, 4) is 0 Å². The highest BCUT2D eigenvalue weighted by Crippen LogP contribution is 2.23. The quantitative estimate of drug-likeness (QED) is 0.491. The Morgan fingerprint density at radius 3 is 2.24 bits per heavy atom. The van der Waals surface area contributed by atoms with E-state index in [1.54, 1.807) is 6.07 Å². The van der Waals surface area contributed by atoms with Crippen LogP contribution in [-0.2, 0) is 16.4 Å². The first-order valence-electron chi connectivity index (χ1n) is 9.16. The zero-order chi connectivity index (χ0) is 20.3. The second-order valence-corrected chi connectivity index (χ2v) is 8.44. The summed E-state index contributed by atoms with van der Waals surface area (Å²) in [6, 6.07) is 26.1. The molecule has 1 heterocycles. The lowest BCUT2D eigenvalue weighted by Crippen LogP contribution is -2.30. The minimum Gasteiger partial charge on any atom is -0.423 e. The maximum Gasteiger partial charge on any atom is 0.336 e. The van der Waals surface area contributed by atoms with Gasteiger partial charge in [0.2, 0.25) is 10.0 Å². The Morgan fingerprint density at radius 1 is 0.828 bits per heavy atom. The van der Waals surface area contributed by atoms with E-state index in [4.69, 9.17) is 4.42 Å². The molecule has 146 valence electrons. The first kappa shape index (κ1) is 19.1. The molecular formula is C23H19NO4S. The molecular weight excluding hydrogens is 386 g/mol. The van der Waals surface area contributed by atoms with Crippen molar-refractivity contribution in [1.29, 1.82) is 0 Å². The summed E-state index contributed by atoms with van der Waals surface area (Å²) in [5.74, 6) is 0. The number of fused-ring (bicyclic) bond motifs is 1. The molecule has 0 saturated heterocycles. The molecule has 6 heteroatoms. The van der Waals surface area contributed by atoms with Gasteiger partial charge in [0, 0.05) is 11.5 Å². The van der Waals surface area contributed by atoms with E-state index >= 15 is 0 Å². The van der Waals surface area contributed by atoms with E-state index in [0.717, 1.165) is 11.1 Å². The van der Waals surface area contributed by atoms with Gasteiger partial charge in [0.05, 0.1) is 10.9 Å². The summed E-state index contributed by atoms with van der Waals surface area (Å²) in [5, 5.41) is 0.548. The molecule has 4 rings (SSSR count). The molecule has 0 fully saturated rings. The Labute approximate surface area is 168 Å². The van der Waals surface area contributed by atoms with Gasteiger partial charge in [-0.1, -0.05) is 60.7 Å². The van der Waals surface area contributed by atoms with Crippen LogP contribution in [-0.4, -0.2) is 8.42 Å². The monoisotopic (exact) mass is 405 g/mol. The molecule has 29 heavy (non-hydrogen) atoms. The Balaban J connectivity index is 1.68. The van der Waals surface area contributed by atoms with Crippen molar-refractivity contribution in [2.75, 3.05) is 0 Å². The first-order valence-corrected chi connectivity index (χ1v) is 10.6. The lowest BCUT2D eigenvalue weighted by atomic mass is 10.00. The molecule has 0 amide bonds. The van der Waals surface area contributed by atoms with Gasteiger partial charge in [0.15, 0.2) is 0 Å². The maximum absolute atomic E-state index is 13.1. The van der Waals surface area contributed by atoms with Crippen LogP contribution in [0, 0.1) is 0 Å². The van der Waals surface area contributed by atoms with E-state index in [0.29, 0.717) is 17.4 Å². The highest BCUT2D eigenvalue weighted by atomic mass is 32.2. The molecule has 5 nitrogen and oxygen atoms in total. The van der Waals surface area contributed by atoms with Crippen molar-refractivity contribution < 1.29 is 12.8 Å². The van der Waals surface area contributed by atoms with Gasteiger partial charge >= 0.3 is 5.63 Å². The van der Waals surface area contributed by atoms with Gasteiger partial charge in [0.1, 0.15) is 5.58 Å². The second kappa shape index (κ2) is 8.03. The molecule has 0 unspecified atom stereocenters. The summed E-state index contributed by atoms with van der Waals surface area (Å²) < 4.78 is 34.1. The van der Waals surface area contributed by atoms with Gasteiger partial charge in [-0.3, -0.25) is 0 Å². The molecule has 0 bridgehead atoms. The van der Waals surface area contributed by atoms with Crippen molar-refractivity contribution in [2.45, 2.75) is 17.4 Å². The fraction of sp³-hybridized carbons (Fsp3) is 0.0870. The van der Waals surface area contributed by atoms with Crippen LogP contribution >= 0.6 is 0 Å². The van der Waals surface area contributed by atoms with E-state index < -0.39 is 21.7 Å². The average molecular weight is 405 g/mol. The number of hydrogen-bond donors (Lipinski definition) is 1. The zero-order valence-electron chi connectivity index (χ0n) is 15.5. The van der Waals surface area contributed by atoms with E-state index in [-0.39, 0.29) is 4.90 Å². The average Bonchev–Trinajstić information content (AvgIpc) is 2.74. The van der Waals surface area contributed by atoms with Crippen LogP contribution in [0.25, 0.3) is 11.0 Å². The number of nitrogens with one attached hydrogen (secondary N) is 1. The van der Waals surface area contributed by atoms with Gasteiger partial charge in [-0.05, 0) is 41.8 Å². The molecule has 0 spiro atoms. The molecule has 3 aromatic carbocycles. The highest BCUT2D eigenvalue weighted by molar-refractivity contribution is 7.89. The lowest BCUT2D eigenvalue weighted by Gasteiger charge is -2.20. The van der Waals surface area contributed by atoms with Gasteiger partial charge in [0.25, 0.3) is 0 Å². The van der Waals surface area contributed by atoms with Crippen molar-refractivity contribution in [1.82, 2.24) is 4.72 Å². The van der Waals surface area contributed by atoms with Gasteiger partial charge in [-0.15, -0.1) is 0 Å². The van der Waals surface area contributed by atoms with Crippen LogP contribution in [0.2, 0.25) is 0 Å². The van der Waals surface area contributed by atoms with Crippen molar-refractivity contribution in [2.24, 2.45) is 0 Å². The number of sulfonamides is 1. The fourth-order valence-electron chi connectivity index (χ4n) is 3.24. The third kappa shape index (κ3) is 4.45. The standard InChI is InChI=1S/C23H19NO4S/c25-23-14-11-19-16-20(12-13-22(19)28-23)29(26,27)24-21(18-9-5-2-6-10-18)15-17-7-3-1-4-8-17/h1-14,16,21,24H,15H2/t21-/m0/s1. The van der Waals surface area contributed by atoms with Crippen molar-refractivity contribution in [3.63, 3.8) is 0 Å². The predicted octanol–water partition coefficient (Wildman–Crippen LogP) is 4.06. The van der Waals surface area contributed by atoms with E-state index in [1.165, 1.54) is 24.3 Å². The van der Waals surface area contributed by atoms with Crippen LogP contribution < -0.4 is 10.3 Å². The highest BCUT2D eigenvalue weighted by Gasteiger charge is 2.22. The third-order valence-electron chi connectivity index (χ3n) is 4.68. The predicted molar refractivity (Wildman–Crippen MR) is 112 cm³/mol. The minimum absolute atomic E-state index is 0.118. The molecule has 0 aliphatic heterocycles. The maximum atomic E-state index is 13.1. The molecule has 1 atom stereocenters. The SMILES string of the molecule is O=c1ccc2cc(S(=O)(=O)N[C@@H](Cc3ccccc3)c3ccccc3)ccc2o1. The van der Waals surface area contributed by atoms with Crippen LogP contribution in [0.3, 0.4) is 0 Å². The van der Waals surface area contributed by atoms with E-state index in [1.807, 2.05) is 60.7 Å². The number of rotatable bonds is 6. The lowest BCUT2D eigenvalue weighted by molar-refractivity contribution is 0.554. The summed E-state index contributed by atoms with van der Waals surface area (Å²) in [4.78, 5) is 11.5. The Morgan fingerprint density at radius 2 is 1.52 bits per heavy atom. The Hall–Kier alpha value is -3.22. The number of benzene rings is 3. The van der Waals surface area contributed by atoms with Crippen molar-refractivity contribution in [3.05, 3.63) is 113 Å². The van der Waals surface area contributed by atoms with Crippen LogP contribution in [0.15, 0.2) is 105 Å². The molecule has 0 aliphatic carbocycles. The van der Waals surface area contributed by atoms with Gasteiger partial charge < -0.3 is 4.42 Å². The first-order chi connectivity index (χ1) is 14.0. The molecule has 4 aromatic rings. The summed E-state index contributed by atoms with van der Waals surface area (Å²) >= 11 is 0. The minimum atomic E-state index is -3.80. The van der Waals surface area contributed by atoms with E-state index in [9.17, 15) is 13.2 Å². The topological polar surface area (TPSA) is 76.4 Å². The van der Waals surface area contributed by atoms with Crippen LogP contribution in [0.4, 0.5) is 0 Å². The summed E-state index contributed by atoms with van der Waals surface area (Å²) in [7, 11) is -3.80. The smallest absolute Gasteiger partial charge is 0.336 e. The second-order valence-electron chi connectivity index (χ2n) is 6.73. The summed E-state index contributed by atoms with van der Waals surface area (Å²) in [6.07, 6.45) is 0.520. The molecule has 1 N–H and O–H groups in total. The van der Waals surface area contributed by atoms with Crippen LogP contribution in [0.5, 0.6) is 0 Å². The summed E-state index contributed by atoms with van der Waals surface area (Å²) in [5.41, 5.74) is 1.79. The molecule has 0 radical (unpaired) electrons. The van der Waals surface area contributed by atoms with Gasteiger partial charge in [-0.2, -0.15) is 0 Å². The van der Waals surface area contributed by atoms with Crippen LogP contribution in [0.1, 0.15) is 17.2 Å². The largest absolute Gasteiger partial charge is 0.423 e. The summed E-state index contributed by atoms with van der Waals surface area (Å²) in [6.45, 7) is 0. The van der Waals surface area contributed by atoms with Gasteiger partial charge in [-0.25, -0.2) is 17.9 Å². The molecule has 0 aliphatic rings. The van der Waals surface area contributed by atoms with E-state index in [2.05, 4.69) is 4.72 Å². The Bertz CT molecular complexity index is 1280. The molecule has 1 aromatic heterocycles. The third-order valence-corrected chi connectivity index (χ3v) is 6.15. The molecule has 0 saturated carbocycles. The normalized spacial score (nSPS) is 12.7.